The lowest BCUT2D eigenvalue weighted by molar-refractivity contribution is -0.120. The Morgan fingerprint density at radius 3 is 2.00 bits per heavy atom. The van der Waals surface area contributed by atoms with Crippen LogP contribution in [0.2, 0.25) is 0 Å². The molecule has 1 N–H and O–H groups in total. The molecule has 0 saturated heterocycles. The molecular weight excluding hydrogens is 554 g/mol. The summed E-state index contributed by atoms with van der Waals surface area (Å²) in [7, 11) is 0. The number of amides is 1. The first-order valence-corrected chi connectivity index (χ1v) is 14.3. The molecule has 0 saturated carbocycles. The number of nitrogens with one attached hydrogen (secondary N) is 1. The van der Waals surface area contributed by atoms with Crippen molar-refractivity contribution in [3.63, 3.8) is 0 Å². The number of carbonyl (C=O) groups is 2. The zero-order chi connectivity index (χ0) is 30.9. The molecule has 0 spiro atoms. The summed E-state index contributed by atoms with van der Waals surface area (Å²) in [5.74, 6) is 3.08. The first-order chi connectivity index (χ1) is 21.4. The molecule has 5 aromatic carbocycles. The Morgan fingerprint density at radius 2 is 1.34 bits per heavy atom. The fourth-order valence-electron chi connectivity index (χ4n) is 4.44. The summed E-state index contributed by atoms with van der Waals surface area (Å²) < 4.78 is 23.2. The second-order valence-corrected chi connectivity index (χ2v) is 10.5. The van der Waals surface area contributed by atoms with Crippen molar-refractivity contribution >= 4 is 18.1 Å². The smallest absolute Gasteiger partial charge is 0.298 e. The van der Waals surface area contributed by atoms with Gasteiger partial charge in [0, 0.05) is 11.6 Å². The molecule has 5 rings (SSSR count). The van der Waals surface area contributed by atoms with Crippen LogP contribution < -0.4 is 24.3 Å². The van der Waals surface area contributed by atoms with Gasteiger partial charge >= 0.3 is 0 Å². The summed E-state index contributed by atoms with van der Waals surface area (Å²) in [5.41, 5.74) is 3.77. The lowest BCUT2D eigenvalue weighted by Crippen LogP contribution is -2.13. The van der Waals surface area contributed by atoms with E-state index in [0.717, 1.165) is 16.9 Å². The first kappa shape index (κ1) is 29.9. The third kappa shape index (κ3) is 7.83. The highest BCUT2D eigenvalue weighted by Crippen LogP contribution is 2.39. The van der Waals surface area contributed by atoms with Crippen LogP contribution in [-0.2, 0) is 11.4 Å². The van der Waals surface area contributed by atoms with Crippen LogP contribution in [0.15, 0.2) is 115 Å². The monoisotopic (exact) mass is 587 g/mol. The number of carbonyl (C=O) groups excluding carboxylic acids is 2. The number of aryl methyl sites for hydroxylation is 1. The van der Waals surface area contributed by atoms with Crippen LogP contribution >= 0.6 is 0 Å². The van der Waals surface area contributed by atoms with E-state index in [2.05, 4.69) is 5.32 Å². The zero-order valence-electron chi connectivity index (χ0n) is 24.8. The maximum absolute atomic E-state index is 13.2. The molecule has 0 heterocycles. The van der Waals surface area contributed by atoms with Gasteiger partial charge < -0.3 is 24.3 Å². The maximum Gasteiger partial charge on any atom is 0.298 e. The Balaban J connectivity index is 1.29. The highest BCUT2D eigenvalue weighted by atomic mass is 16.5. The van der Waals surface area contributed by atoms with E-state index in [0.29, 0.717) is 47.3 Å². The Hall–Kier alpha value is -5.56. The van der Waals surface area contributed by atoms with E-state index in [1.165, 1.54) is 5.56 Å². The SMILES string of the molecule is Cc1ccc(OCc2ccc(Oc3cc(OC=O)c(NC(=O)c4ccc(Oc5ccccc5)cc4)cc3C(C)C)cc2)cc1. The average molecular weight is 588 g/mol. The summed E-state index contributed by atoms with van der Waals surface area (Å²) in [6.45, 7) is 6.82. The predicted molar refractivity (Wildman–Crippen MR) is 170 cm³/mol. The summed E-state index contributed by atoms with van der Waals surface area (Å²) in [6.07, 6.45) is 0. The van der Waals surface area contributed by atoms with Gasteiger partial charge in [0.15, 0.2) is 5.75 Å². The van der Waals surface area contributed by atoms with Crippen LogP contribution in [0.3, 0.4) is 0 Å². The Bertz CT molecular complexity index is 1700. The molecule has 0 radical (unpaired) electrons. The van der Waals surface area contributed by atoms with Crippen LogP contribution in [0.25, 0.3) is 0 Å². The van der Waals surface area contributed by atoms with Gasteiger partial charge in [0.25, 0.3) is 12.4 Å². The molecule has 0 aliphatic heterocycles. The quantitative estimate of drug-likeness (QED) is 0.147. The molecule has 222 valence electrons. The Labute approximate surface area is 257 Å². The van der Waals surface area contributed by atoms with Crippen LogP contribution in [0, 0.1) is 6.92 Å². The predicted octanol–water partition coefficient (Wildman–Crippen LogP) is 9.07. The second-order valence-electron chi connectivity index (χ2n) is 10.5. The number of anilines is 1. The van der Waals surface area contributed by atoms with E-state index in [1.807, 2.05) is 99.6 Å². The fraction of sp³-hybridized carbons (Fsp3) is 0.135. The van der Waals surface area contributed by atoms with Crippen LogP contribution in [-0.4, -0.2) is 12.4 Å². The lowest BCUT2D eigenvalue weighted by Gasteiger charge is -2.18. The molecule has 0 aromatic heterocycles. The third-order valence-corrected chi connectivity index (χ3v) is 6.83. The molecule has 7 nitrogen and oxygen atoms in total. The molecule has 0 aliphatic rings. The van der Waals surface area contributed by atoms with Crippen molar-refractivity contribution in [1.29, 1.82) is 0 Å². The number of ether oxygens (including phenoxy) is 4. The van der Waals surface area contributed by atoms with E-state index < -0.39 is 0 Å². The molecular formula is C37H33NO6. The van der Waals surface area contributed by atoms with Crippen molar-refractivity contribution in [3.05, 3.63) is 138 Å². The average Bonchev–Trinajstić information content (AvgIpc) is 3.03. The number of rotatable bonds is 12. The number of benzene rings is 5. The van der Waals surface area contributed by atoms with E-state index in [-0.39, 0.29) is 17.6 Å². The summed E-state index contributed by atoms with van der Waals surface area (Å²) in [6, 6.07) is 35.1. The standard InChI is InChI=1S/C37H33NO6/c1-25(2)33-21-34(38-37(40)28-13-19-31(20-14-28)43-30-7-5-4-6-8-30)36(42-24-39)22-35(33)44-32-17-11-27(12-18-32)23-41-29-15-9-26(3)10-16-29/h4-22,24-25H,23H2,1-3H3,(H,38,40). The zero-order valence-corrected chi connectivity index (χ0v) is 24.8. The van der Waals surface area contributed by atoms with E-state index in [4.69, 9.17) is 18.9 Å². The minimum atomic E-state index is -0.362. The molecule has 1 amide bonds. The van der Waals surface area contributed by atoms with Gasteiger partial charge in [-0.1, -0.05) is 61.9 Å². The van der Waals surface area contributed by atoms with E-state index in [1.54, 1.807) is 36.4 Å². The van der Waals surface area contributed by atoms with Crippen LogP contribution in [0.5, 0.6) is 34.5 Å². The minimum Gasteiger partial charge on any atom is -0.489 e. The van der Waals surface area contributed by atoms with Gasteiger partial charge in [0.1, 0.15) is 35.4 Å². The molecule has 0 fully saturated rings. The highest BCUT2D eigenvalue weighted by molar-refractivity contribution is 6.05. The maximum atomic E-state index is 13.2. The Kier molecular flexibility index (Phi) is 9.57. The minimum absolute atomic E-state index is 0.0440. The number of hydrogen-bond acceptors (Lipinski definition) is 6. The van der Waals surface area contributed by atoms with Gasteiger partial charge in [-0.2, -0.15) is 0 Å². The highest BCUT2D eigenvalue weighted by Gasteiger charge is 2.18. The van der Waals surface area contributed by atoms with Crippen LogP contribution in [0.4, 0.5) is 5.69 Å². The number of hydrogen-bond donors (Lipinski definition) is 1. The van der Waals surface area contributed by atoms with Crippen molar-refractivity contribution in [2.45, 2.75) is 33.3 Å². The summed E-state index contributed by atoms with van der Waals surface area (Å²) >= 11 is 0. The number of para-hydroxylation sites is 1. The van der Waals surface area contributed by atoms with Gasteiger partial charge in [0.2, 0.25) is 0 Å². The summed E-state index contributed by atoms with van der Waals surface area (Å²) in [4.78, 5) is 24.5. The van der Waals surface area contributed by atoms with Gasteiger partial charge in [0.05, 0.1) is 5.69 Å². The normalized spacial score (nSPS) is 10.6. The molecule has 0 unspecified atom stereocenters. The molecule has 0 aliphatic carbocycles. The van der Waals surface area contributed by atoms with Crippen molar-refractivity contribution < 1.29 is 28.5 Å². The first-order valence-electron chi connectivity index (χ1n) is 14.3. The van der Waals surface area contributed by atoms with Crippen molar-refractivity contribution in [2.75, 3.05) is 5.32 Å². The van der Waals surface area contributed by atoms with E-state index >= 15 is 0 Å². The van der Waals surface area contributed by atoms with Gasteiger partial charge in [-0.05, 0) is 90.7 Å². The fourth-order valence-corrected chi connectivity index (χ4v) is 4.44. The summed E-state index contributed by atoms with van der Waals surface area (Å²) in [5, 5.41) is 2.87. The van der Waals surface area contributed by atoms with Gasteiger partial charge in [-0.3, -0.25) is 9.59 Å². The Morgan fingerprint density at radius 1 is 0.727 bits per heavy atom. The van der Waals surface area contributed by atoms with Gasteiger partial charge in [-0.25, -0.2) is 0 Å². The molecule has 7 heteroatoms. The van der Waals surface area contributed by atoms with Crippen molar-refractivity contribution in [1.82, 2.24) is 0 Å². The molecule has 0 bridgehead atoms. The second kappa shape index (κ2) is 14.1. The molecule has 5 aromatic rings. The van der Waals surface area contributed by atoms with Crippen LogP contribution in [0.1, 0.15) is 46.8 Å². The molecule has 0 atom stereocenters. The van der Waals surface area contributed by atoms with E-state index in [9.17, 15) is 9.59 Å². The topological polar surface area (TPSA) is 83.1 Å². The largest absolute Gasteiger partial charge is 0.489 e. The third-order valence-electron chi connectivity index (χ3n) is 6.83. The lowest BCUT2D eigenvalue weighted by atomic mass is 10.0. The van der Waals surface area contributed by atoms with Crippen molar-refractivity contribution in [3.8, 4) is 34.5 Å². The van der Waals surface area contributed by atoms with Gasteiger partial charge in [-0.15, -0.1) is 0 Å². The molecule has 44 heavy (non-hydrogen) atoms. The van der Waals surface area contributed by atoms with Crippen molar-refractivity contribution in [2.24, 2.45) is 0 Å².